The molecule has 31 heavy (non-hydrogen) atoms. The van der Waals surface area contributed by atoms with Crippen molar-refractivity contribution in [1.29, 1.82) is 0 Å². The lowest BCUT2D eigenvalue weighted by Gasteiger charge is -2.34. The van der Waals surface area contributed by atoms with Crippen LogP contribution in [0.15, 0.2) is 42.7 Å². The van der Waals surface area contributed by atoms with Gasteiger partial charge in [0, 0.05) is 19.3 Å². The lowest BCUT2D eigenvalue weighted by molar-refractivity contribution is 0.0690. The number of carbonyl (C=O) groups excluding carboxylic acids is 1. The van der Waals surface area contributed by atoms with Gasteiger partial charge in [0.25, 0.3) is 0 Å². The zero-order chi connectivity index (χ0) is 22.3. The number of fused-ring (bicyclic) bond motifs is 1. The van der Waals surface area contributed by atoms with Crippen molar-refractivity contribution in [3.8, 4) is 0 Å². The van der Waals surface area contributed by atoms with Crippen LogP contribution in [0.5, 0.6) is 0 Å². The summed E-state index contributed by atoms with van der Waals surface area (Å²) in [5.74, 6) is -2.97. The molecule has 2 heterocycles. The molecular formula is C22H22FN5O3. The second-order valence-corrected chi connectivity index (χ2v) is 7.87. The maximum atomic E-state index is 14.1. The van der Waals surface area contributed by atoms with E-state index in [4.69, 9.17) is 0 Å². The van der Waals surface area contributed by atoms with Crippen LogP contribution in [0.2, 0.25) is 0 Å². The van der Waals surface area contributed by atoms with Gasteiger partial charge in [-0.1, -0.05) is 24.3 Å². The van der Waals surface area contributed by atoms with Crippen molar-refractivity contribution in [2.24, 2.45) is 7.05 Å². The summed E-state index contributed by atoms with van der Waals surface area (Å²) in [6.45, 7) is 0.764. The van der Waals surface area contributed by atoms with Crippen molar-refractivity contribution in [2.45, 2.75) is 18.5 Å². The zero-order valence-corrected chi connectivity index (χ0v) is 17.3. The number of aromatic nitrogens is 3. The number of carboxylic acid groups (broad SMARTS) is 1. The average molecular weight is 423 g/mol. The third-order valence-corrected chi connectivity index (χ3v) is 5.37. The molecule has 0 bridgehead atoms. The summed E-state index contributed by atoms with van der Waals surface area (Å²) < 4.78 is 15.6. The highest BCUT2D eigenvalue weighted by Gasteiger charge is 2.42. The molecule has 4 rings (SSSR count). The fourth-order valence-corrected chi connectivity index (χ4v) is 4.04. The Kier molecular flexibility index (Phi) is 5.28. The van der Waals surface area contributed by atoms with E-state index in [-0.39, 0.29) is 16.8 Å². The summed E-state index contributed by atoms with van der Waals surface area (Å²) in [6.07, 6.45) is 1.35. The first-order valence-corrected chi connectivity index (χ1v) is 9.71. The van der Waals surface area contributed by atoms with Gasteiger partial charge < -0.3 is 15.3 Å². The second-order valence-electron chi connectivity index (χ2n) is 7.87. The van der Waals surface area contributed by atoms with Crippen LogP contribution in [0.4, 0.5) is 10.1 Å². The minimum Gasteiger partial charge on any atom is -0.478 e. The van der Waals surface area contributed by atoms with Gasteiger partial charge in [0.15, 0.2) is 5.78 Å². The van der Waals surface area contributed by atoms with Crippen molar-refractivity contribution >= 4 is 17.4 Å². The van der Waals surface area contributed by atoms with Crippen molar-refractivity contribution < 1.29 is 19.1 Å². The fraction of sp³-hybridized carbons (Fsp3) is 0.273. The largest absolute Gasteiger partial charge is 0.478 e. The summed E-state index contributed by atoms with van der Waals surface area (Å²) in [5, 5.41) is 16.8. The number of aromatic carboxylic acids is 1. The Bertz CT molecular complexity index is 1160. The van der Waals surface area contributed by atoms with Crippen LogP contribution in [0.25, 0.3) is 0 Å². The van der Waals surface area contributed by atoms with Gasteiger partial charge in [-0.25, -0.2) is 14.2 Å². The number of nitrogens with zero attached hydrogens (tertiary/aromatic N) is 4. The number of hydrogen-bond donors (Lipinski definition) is 2. The van der Waals surface area contributed by atoms with Crippen LogP contribution in [-0.2, 0) is 13.6 Å². The third-order valence-electron chi connectivity index (χ3n) is 5.37. The summed E-state index contributed by atoms with van der Waals surface area (Å²) >= 11 is 0. The van der Waals surface area contributed by atoms with Crippen LogP contribution in [0.3, 0.4) is 0 Å². The van der Waals surface area contributed by atoms with Gasteiger partial charge in [0.2, 0.25) is 0 Å². The van der Waals surface area contributed by atoms with E-state index in [0.29, 0.717) is 5.82 Å². The Labute approximate surface area is 178 Å². The molecule has 0 radical (unpaired) electrons. The monoisotopic (exact) mass is 423 g/mol. The average Bonchev–Trinajstić information content (AvgIpc) is 3.12. The van der Waals surface area contributed by atoms with Crippen LogP contribution in [-0.4, -0.2) is 50.6 Å². The Morgan fingerprint density at radius 1 is 1.26 bits per heavy atom. The Morgan fingerprint density at radius 3 is 2.55 bits per heavy atom. The quantitative estimate of drug-likeness (QED) is 0.651. The lowest BCUT2D eigenvalue weighted by atomic mass is 9.80. The van der Waals surface area contributed by atoms with E-state index in [1.165, 1.54) is 11.0 Å². The molecule has 0 amide bonds. The van der Waals surface area contributed by atoms with Gasteiger partial charge >= 0.3 is 5.97 Å². The van der Waals surface area contributed by atoms with E-state index in [0.717, 1.165) is 29.8 Å². The van der Waals surface area contributed by atoms with E-state index >= 15 is 0 Å². The molecule has 2 aromatic carbocycles. The number of hydrogen-bond acceptors (Lipinski definition) is 6. The number of Topliss-reactive ketones (excluding diaryl/α,β-unsaturated/α-hetero) is 1. The molecule has 2 N–H and O–H groups in total. The number of anilines is 1. The molecule has 1 aliphatic rings. The van der Waals surface area contributed by atoms with Crippen LogP contribution in [0, 0.1) is 5.82 Å². The maximum absolute atomic E-state index is 14.1. The molecule has 0 saturated carbocycles. The molecule has 8 nitrogen and oxygen atoms in total. The van der Waals surface area contributed by atoms with Crippen molar-refractivity contribution in [3.63, 3.8) is 0 Å². The maximum Gasteiger partial charge on any atom is 0.336 e. The fourth-order valence-electron chi connectivity index (χ4n) is 4.04. The first-order chi connectivity index (χ1) is 14.8. The molecule has 0 fully saturated rings. The molecule has 0 saturated heterocycles. The lowest BCUT2D eigenvalue weighted by Crippen LogP contribution is -2.35. The number of rotatable bonds is 5. The predicted molar refractivity (Wildman–Crippen MR) is 112 cm³/mol. The van der Waals surface area contributed by atoms with Crippen LogP contribution >= 0.6 is 0 Å². The van der Waals surface area contributed by atoms with E-state index in [2.05, 4.69) is 15.4 Å². The molecule has 0 aliphatic carbocycles. The molecule has 160 valence electrons. The van der Waals surface area contributed by atoms with Gasteiger partial charge in [0.1, 0.15) is 23.9 Å². The topological polar surface area (TPSA) is 100 Å². The first kappa shape index (κ1) is 20.7. The normalized spacial score (nSPS) is 18.0. The second kappa shape index (κ2) is 7.92. The number of halogens is 1. The summed E-state index contributed by atoms with van der Waals surface area (Å²) in [7, 11) is 5.63. The van der Waals surface area contributed by atoms with Crippen molar-refractivity contribution in [2.75, 3.05) is 19.4 Å². The summed E-state index contributed by atoms with van der Waals surface area (Å²) in [5.41, 5.74) is 1.63. The number of ketones is 1. The van der Waals surface area contributed by atoms with E-state index in [1.54, 1.807) is 7.05 Å². The van der Waals surface area contributed by atoms with E-state index < -0.39 is 29.5 Å². The summed E-state index contributed by atoms with van der Waals surface area (Å²) in [6, 6.07) is 9.22. The van der Waals surface area contributed by atoms with E-state index in [1.807, 2.05) is 43.3 Å². The van der Waals surface area contributed by atoms with E-state index in [9.17, 15) is 19.1 Å². The number of nitrogens with one attached hydrogen (secondary N) is 1. The first-order valence-electron chi connectivity index (χ1n) is 9.71. The molecular weight excluding hydrogens is 401 g/mol. The molecule has 2 unspecified atom stereocenters. The third kappa shape index (κ3) is 3.79. The highest BCUT2D eigenvalue weighted by molar-refractivity contribution is 6.14. The molecule has 3 aromatic rings. The zero-order valence-electron chi connectivity index (χ0n) is 17.3. The Hall–Kier alpha value is -3.59. The molecule has 1 aliphatic heterocycles. The van der Waals surface area contributed by atoms with Gasteiger partial charge in [-0.05, 0) is 37.4 Å². The molecule has 9 heteroatoms. The highest BCUT2D eigenvalue weighted by atomic mass is 19.1. The van der Waals surface area contributed by atoms with Gasteiger partial charge in [-0.15, -0.1) is 0 Å². The minimum absolute atomic E-state index is 0.0534. The highest BCUT2D eigenvalue weighted by Crippen LogP contribution is 2.43. The standard InChI is InChI=1S/C22H22FN5O3/c1-27(2)10-12-4-6-13(7-5-12)19-18(21-24-11-25-28(21)3)20(29)17-15(22(30)31)8-14(23)9-16(17)26-19/h4-9,11,18-19,26H,10H2,1-3H3,(H,30,31). The van der Waals surface area contributed by atoms with Crippen LogP contribution in [0.1, 0.15) is 49.6 Å². The van der Waals surface area contributed by atoms with Crippen LogP contribution < -0.4 is 5.32 Å². The van der Waals surface area contributed by atoms with Gasteiger partial charge in [0.05, 0.1) is 17.2 Å². The van der Waals surface area contributed by atoms with Gasteiger partial charge in [-0.2, -0.15) is 5.10 Å². The molecule has 1 aromatic heterocycles. The Morgan fingerprint density at radius 2 is 1.97 bits per heavy atom. The minimum atomic E-state index is -1.37. The number of carbonyl (C=O) groups is 2. The smallest absolute Gasteiger partial charge is 0.336 e. The van der Waals surface area contributed by atoms with Gasteiger partial charge in [-0.3, -0.25) is 9.48 Å². The molecule has 0 spiro atoms. The Balaban J connectivity index is 1.85. The number of benzene rings is 2. The SMILES string of the molecule is CN(C)Cc1ccc(C2Nc3cc(F)cc(C(=O)O)c3C(=O)C2c2ncnn2C)cc1. The van der Waals surface area contributed by atoms with Crippen molar-refractivity contribution in [1.82, 2.24) is 19.7 Å². The predicted octanol–water partition coefficient (Wildman–Crippen LogP) is 2.85. The summed E-state index contributed by atoms with van der Waals surface area (Å²) in [4.78, 5) is 31.6. The molecule has 2 atom stereocenters. The number of aryl methyl sites for hydroxylation is 1. The van der Waals surface area contributed by atoms with Crippen molar-refractivity contribution in [3.05, 3.63) is 76.6 Å². The number of carboxylic acids is 1.